The fourth-order valence-corrected chi connectivity index (χ4v) is 4.27. The van der Waals surface area contributed by atoms with Crippen molar-refractivity contribution in [2.45, 2.75) is 45.6 Å². The van der Waals surface area contributed by atoms with Gasteiger partial charge in [0.2, 0.25) is 0 Å². The lowest BCUT2D eigenvalue weighted by molar-refractivity contribution is -0.145. The first-order valence-corrected chi connectivity index (χ1v) is 6.64. The van der Waals surface area contributed by atoms with Gasteiger partial charge >= 0.3 is 5.97 Å². The van der Waals surface area contributed by atoms with E-state index in [4.69, 9.17) is 4.74 Å². The lowest BCUT2D eigenvalue weighted by atomic mass is 9.61. The maximum absolute atomic E-state index is 11.7. The maximum atomic E-state index is 11.7. The highest BCUT2D eigenvalue weighted by Gasteiger charge is 2.57. The molecular weight excluding hydrogens is 212 g/mol. The number of allylic oxidation sites excluding steroid dienone is 1. The summed E-state index contributed by atoms with van der Waals surface area (Å²) < 4.78 is 5.68. The number of rotatable bonds is 0. The summed E-state index contributed by atoms with van der Waals surface area (Å²) in [5, 5.41) is 0. The first kappa shape index (κ1) is 11.1. The van der Waals surface area contributed by atoms with E-state index in [0.29, 0.717) is 11.5 Å². The minimum absolute atomic E-state index is 0.0602. The predicted molar refractivity (Wildman–Crippen MR) is 66.3 cm³/mol. The fourth-order valence-electron chi connectivity index (χ4n) is 4.27. The van der Waals surface area contributed by atoms with Gasteiger partial charge in [0, 0.05) is 16.9 Å². The molecule has 1 saturated carbocycles. The minimum Gasteiger partial charge on any atom is -0.457 e. The third-order valence-corrected chi connectivity index (χ3v) is 5.34. The molecule has 1 aliphatic heterocycles. The second kappa shape index (κ2) is 3.47. The lowest BCUT2D eigenvalue weighted by Gasteiger charge is -2.44. The Morgan fingerprint density at radius 3 is 2.94 bits per heavy atom. The van der Waals surface area contributed by atoms with Crippen molar-refractivity contribution in [3.8, 4) is 0 Å². The van der Waals surface area contributed by atoms with Gasteiger partial charge in [-0.05, 0) is 32.1 Å². The van der Waals surface area contributed by atoms with Crippen LogP contribution in [0.5, 0.6) is 0 Å². The van der Waals surface area contributed by atoms with Crippen molar-refractivity contribution in [2.24, 2.45) is 17.3 Å². The maximum Gasteiger partial charge on any atom is 0.334 e. The van der Waals surface area contributed by atoms with Crippen molar-refractivity contribution in [1.82, 2.24) is 0 Å². The van der Waals surface area contributed by atoms with Crippen LogP contribution in [0.25, 0.3) is 0 Å². The number of hydrogen-bond donors (Lipinski definition) is 0. The highest BCUT2D eigenvalue weighted by Crippen LogP contribution is 2.58. The molecule has 0 radical (unpaired) electrons. The molecule has 0 aromatic carbocycles. The van der Waals surface area contributed by atoms with Crippen molar-refractivity contribution in [3.63, 3.8) is 0 Å². The highest BCUT2D eigenvalue weighted by atomic mass is 16.6. The van der Waals surface area contributed by atoms with E-state index in [1.165, 1.54) is 18.4 Å². The summed E-state index contributed by atoms with van der Waals surface area (Å²) in [5.74, 6) is 0.679. The molecule has 0 aromatic rings. The first-order valence-electron chi connectivity index (χ1n) is 6.64. The van der Waals surface area contributed by atoms with Crippen molar-refractivity contribution in [1.29, 1.82) is 0 Å². The van der Waals surface area contributed by atoms with E-state index < -0.39 is 0 Å². The molecule has 3 rings (SSSR count). The van der Waals surface area contributed by atoms with Crippen LogP contribution in [0.15, 0.2) is 23.8 Å². The molecule has 0 amide bonds. The Morgan fingerprint density at radius 2 is 2.29 bits per heavy atom. The Labute approximate surface area is 103 Å². The van der Waals surface area contributed by atoms with Crippen molar-refractivity contribution in [3.05, 3.63) is 23.8 Å². The van der Waals surface area contributed by atoms with Crippen LogP contribution in [-0.2, 0) is 9.53 Å². The molecule has 0 N–H and O–H groups in total. The van der Waals surface area contributed by atoms with Crippen LogP contribution in [0.4, 0.5) is 0 Å². The molecule has 2 aliphatic carbocycles. The van der Waals surface area contributed by atoms with E-state index >= 15 is 0 Å². The van der Waals surface area contributed by atoms with E-state index in [0.717, 1.165) is 12.8 Å². The molecule has 4 atom stereocenters. The van der Waals surface area contributed by atoms with Gasteiger partial charge in [-0.3, -0.25) is 0 Å². The van der Waals surface area contributed by atoms with E-state index in [1.54, 1.807) is 0 Å². The van der Waals surface area contributed by atoms with Gasteiger partial charge in [-0.1, -0.05) is 31.6 Å². The summed E-state index contributed by atoms with van der Waals surface area (Å²) in [6, 6.07) is 0. The summed E-state index contributed by atoms with van der Waals surface area (Å²) in [6.07, 6.45) is 6.96. The SMILES string of the molecule is C=C1C(=O)OC2C1CC=C(C)C21CCCC1C. The average Bonchev–Trinajstić information content (AvgIpc) is 2.80. The summed E-state index contributed by atoms with van der Waals surface area (Å²) in [7, 11) is 0. The number of fused-ring (bicyclic) bond motifs is 2. The molecule has 17 heavy (non-hydrogen) atoms. The van der Waals surface area contributed by atoms with Crippen molar-refractivity contribution in [2.75, 3.05) is 0 Å². The molecule has 1 heterocycles. The van der Waals surface area contributed by atoms with E-state index in [-0.39, 0.29) is 23.4 Å². The molecule has 2 heteroatoms. The van der Waals surface area contributed by atoms with Crippen LogP contribution in [-0.4, -0.2) is 12.1 Å². The summed E-state index contributed by atoms with van der Waals surface area (Å²) >= 11 is 0. The molecule has 2 fully saturated rings. The summed E-state index contributed by atoms with van der Waals surface area (Å²) in [6.45, 7) is 8.44. The molecule has 1 saturated heterocycles. The van der Waals surface area contributed by atoms with Gasteiger partial charge in [0.15, 0.2) is 0 Å². The monoisotopic (exact) mass is 232 g/mol. The van der Waals surface area contributed by atoms with Crippen LogP contribution < -0.4 is 0 Å². The zero-order valence-electron chi connectivity index (χ0n) is 10.7. The molecule has 1 spiro atoms. The van der Waals surface area contributed by atoms with Gasteiger partial charge in [0.25, 0.3) is 0 Å². The minimum atomic E-state index is -0.165. The van der Waals surface area contributed by atoms with Crippen molar-refractivity contribution < 1.29 is 9.53 Å². The molecule has 0 aromatic heterocycles. The van der Waals surface area contributed by atoms with E-state index in [9.17, 15) is 4.79 Å². The quantitative estimate of drug-likeness (QED) is 0.364. The normalized spacial score (nSPS) is 44.8. The molecule has 92 valence electrons. The molecule has 0 bridgehead atoms. The average molecular weight is 232 g/mol. The number of carbonyl (C=O) groups excluding carboxylic acids is 1. The third kappa shape index (κ3) is 1.24. The number of ether oxygens (including phenoxy) is 1. The van der Waals surface area contributed by atoms with E-state index in [1.807, 2.05) is 0 Å². The topological polar surface area (TPSA) is 26.3 Å². The Bertz CT molecular complexity index is 421. The Balaban J connectivity index is 2.07. The largest absolute Gasteiger partial charge is 0.457 e. The molecule has 3 aliphatic rings. The van der Waals surface area contributed by atoms with Gasteiger partial charge in [-0.2, -0.15) is 0 Å². The zero-order valence-corrected chi connectivity index (χ0v) is 10.7. The van der Waals surface area contributed by atoms with Gasteiger partial charge < -0.3 is 4.74 Å². The second-order valence-electron chi connectivity index (χ2n) is 5.91. The predicted octanol–water partition coefficient (Wildman–Crippen LogP) is 3.24. The highest BCUT2D eigenvalue weighted by molar-refractivity contribution is 5.91. The van der Waals surface area contributed by atoms with Crippen molar-refractivity contribution >= 4 is 5.97 Å². The Hall–Kier alpha value is -1.05. The van der Waals surface area contributed by atoms with Crippen LogP contribution >= 0.6 is 0 Å². The lowest BCUT2D eigenvalue weighted by Crippen LogP contribution is -2.44. The third-order valence-electron chi connectivity index (χ3n) is 5.34. The number of esters is 1. The summed E-state index contributed by atoms with van der Waals surface area (Å²) in [5.41, 5.74) is 2.24. The Morgan fingerprint density at radius 1 is 1.53 bits per heavy atom. The zero-order chi connectivity index (χ0) is 12.2. The van der Waals surface area contributed by atoms with E-state index in [2.05, 4.69) is 26.5 Å². The second-order valence-corrected chi connectivity index (χ2v) is 5.91. The van der Waals surface area contributed by atoms with Gasteiger partial charge in [-0.25, -0.2) is 4.79 Å². The van der Waals surface area contributed by atoms with Gasteiger partial charge in [0.1, 0.15) is 6.10 Å². The number of hydrogen-bond acceptors (Lipinski definition) is 2. The number of carbonyl (C=O) groups is 1. The molecule has 4 unspecified atom stereocenters. The van der Waals surface area contributed by atoms with Crippen LogP contribution in [0.2, 0.25) is 0 Å². The standard InChI is InChI=1S/C15H20O2/c1-9-5-4-8-15(9)10(2)6-7-12-11(3)14(16)17-13(12)15/h6,9,12-13H,3-5,7-8H2,1-2H3. The van der Waals surface area contributed by atoms with Crippen LogP contribution in [0.3, 0.4) is 0 Å². The Kier molecular flexibility index (Phi) is 2.26. The molecular formula is C15H20O2. The van der Waals surface area contributed by atoms with Gasteiger partial charge in [0.05, 0.1) is 0 Å². The van der Waals surface area contributed by atoms with Crippen LogP contribution in [0.1, 0.15) is 39.5 Å². The smallest absolute Gasteiger partial charge is 0.334 e. The first-order chi connectivity index (χ1) is 8.07. The molecule has 2 nitrogen and oxygen atoms in total. The van der Waals surface area contributed by atoms with Gasteiger partial charge in [-0.15, -0.1) is 0 Å². The fraction of sp³-hybridized carbons (Fsp3) is 0.667. The summed E-state index contributed by atoms with van der Waals surface area (Å²) in [4.78, 5) is 11.7. The van der Waals surface area contributed by atoms with Crippen LogP contribution in [0, 0.1) is 17.3 Å².